The van der Waals surface area contributed by atoms with E-state index in [1.165, 1.54) is 142 Å². The van der Waals surface area contributed by atoms with Crippen LogP contribution in [-0.2, 0) is 92.3 Å². The molecular weight excluding hydrogens is 1350 g/mol. The van der Waals surface area contributed by atoms with E-state index in [0.717, 1.165) is 42.7 Å². The predicted molar refractivity (Wildman–Crippen MR) is 396 cm³/mol. The zero-order valence-corrected chi connectivity index (χ0v) is 63.5. The molecule has 0 radical (unpaired) electrons. The third-order valence-electron chi connectivity index (χ3n) is 16.5. The maximum absolute atomic E-state index is 13.0. The maximum atomic E-state index is 13.0. The molecule has 9 amide bonds. The van der Waals surface area contributed by atoms with Gasteiger partial charge in [-0.15, -0.1) is 0 Å². The number of hydrogen-bond acceptors (Lipinski definition) is 19. The quantitative estimate of drug-likeness (QED) is 0.0180. The van der Waals surface area contributed by atoms with Crippen molar-refractivity contribution in [3.8, 4) is 0 Å². The van der Waals surface area contributed by atoms with Crippen molar-refractivity contribution in [3.63, 3.8) is 0 Å². The second-order valence-corrected chi connectivity index (χ2v) is 25.7. The van der Waals surface area contributed by atoms with E-state index in [1.807, 2.05) is 0 Å². The molecule has 0 saturated heterocycles. The number of benzene rings is 1. The van der Waals surface area contributed by atoms with Gasteiger partial charge in [-0.2, -0.15) is 0 Å². The molecule has 0 aromatic heterocycles. The van der Waals surface area contributed by atoms with Gasteiger partial charge in [-0.25, -0.2) is 9.80 Å². The van der Waals surface area contributed by atoms with E-state index in [-0.39, 0.29) is 83.9 Å². The van der Waals surface area contributed by atoms with Gasteiger partial charge in [-0.05, 0) is 38.7 Å². The standard InChI is InChI=1S/C75H133N9O20/c1-5-7-9-11-13-15-17-19-21-23-25-30-40-103-61-65(104-41-31-26-24-22-20-18-16-14-12-10-8-6-2)58-79-69(87)35-34-66(72(77)90)81-70(88)38-42-95-44-46-97-48-50-99-52-54-101-56-57-102-55-53-100-51-49-98-47-45-96-43-39-78-68(86)36-37-71(89)84(60-67(76)85)82-73(91)62(3)80-74(92)63(4)83(75(93)94)59-64-32-28-27-29-33-64/h27-29,32-33,36-37,62-63,65-66H,5-26,30-31,34-35,38-61H2,1-4H3,(H2,76,85)(H2,77,90)(H,78,86)(H,79,87)(H,80,92)(H,81,88)(H,82,91)(H,93,94)/b37-36+/t62-,63-,65?,66-/m0/s1. The fourth-order valence-corrected chi connectivity index (χ4v) is 10.4. The normalized spacial score (nSPS) is 12.5. The van der Waals surface area contributed by atoms with Gasteiger partial charge in [0, 0.05) is 57.8 Å². The fourth-order valence-electron chi connectivity index (χ4n) is 10.4. The average molecular weight is 1480 g/mol. The van der Waals surface area contributed by atoms with Crippen LogP contribution in [0.5, 0.6) is 0 Å². The Kier molecular flexibility index (Phi) is 62.9. The van der Waals surface area contributed by atoms with Crippen molar-refractivity contribution in [2.75, 3.05) is 145 Å². The molecule has 4 atom stereocenters. The van der Waals surface area contributed by atoms with Gasteiger partial charge >= 0.3 is 6.09 Å². The number of hydrogen-bond donors (Lipinski definition) is 8. The van der Waals surface area contributed by atoms with Crippen molar-refractivity contribution in [1.29, 1.82) is 0 Å². The molecule has 0 aliphatic heterocycles. The molecule has 29 nitrogen and oxygen atoms in total. The van der Waals surface area contributed by atoms with Crippen LogP contribution in [0.25, 0.3) is 0 Å². The Bertz CT molecular complexity index is 2400. The summed E-state index contributed by atoms with van der Waals surface area (Å²) in [6, 6.07) is 5.13. The minimum atomic E-state index is -1.36. The molecule has 0 fully saturated rings. The minimum absolute atomic E-state index is 0.000305. The number of carbonyl (C=O) groups excluding carboxylic acids is 8. The SMILES string of the molecule is CCCCCCCCCCCCCCOCC(CNC(=O)CC[C@H](NC(=O)CCOCCOCCOCCOCCOCCOCCOCCOCCNC(=O)/C=C/C(=O)N(CC(N)=O)NC(=O)[C@H](C)NC(=O)[C@H](C)N(Cc1ccccc1)C(=O)O)C(N)=O)OCCCCCCCCCCCCCC. The third-order valence-corrected chi connectivity index (χ3v) is 16.5. The van der Waals surface area contributed by atoms with Gasteiger partial charge in [0.05, 0.1) is 118 Å². The van der Waals surface area contributed by atoms with Crippen LogP contribution < -0.4 is 38.2 Å². The number of carboxylic acid groups (broad SMARTS) is 1. The summed E-state index contributed by atoms with van der Waals surface area (Å²) in [5.74, 6) is -5.74. The van der Waals surface area contributed by atoms with Crippen LogP contribution in [0.1, 0.15) is 207 Å². The van der Waals surface area contributed by atoms with Crippen LogP contribution in [0.15, 0.2) is 42.5 Å². The number of primary amides is 2. The van der Waals surface area contributed by atoms with Gasteiger partial charge in [0.25, 0.3) is 11.8 Å². The van der Waals surface area contributed by atoms with Gasteiger partial charge in [-0.1, -0.05) is 185 Å². The molecule has 0 saturated carbocycles. The number of nitrogens with one attached hydrogen (secondary N) is 5. The lowest BCUT2D eigenvalue weighted by molar-refractivity contribution is -0.142. The number of unbranched alkanes of at least 4 members (excludes halogenated alkanes) is 22. The van der Waals surface area contributed by atoms with E-state index in [9.17, 15) is 48.3 Å². The van der Waals surface area contributed by atoms with Crippen molar-refractivity contribution in [1.82, 2.24) is 36.6 Å². The van der Waals surface area contributed by atoms with E-state index >= 15 is 0 Å². The van der Waals surface area contributed by atoms with E-state index in [0.29, 0.717) is 103 Å². The van der Waals surface area contributed by atoms with Crippen LogP contribution in [0, 0.1) is 0 Å². The molecule has 1 rings (SSSR count). The summed E-state index contributed by atoms with van der Waals surface area (Å²) < 4.78 is 56.4. The first-order chi connectivity index (χ1) is 50.5. The monoisotopic (exact) mass is 1480 g/mol. The Morgan fingerprint density at radius 3 is 1.38 bits per heavy atom. The summed E-state index contributed by atoms with van der Waals surface area (Å²) in [5, 5.41) is 20.8. The van der Waals surface area contributed by atoms with Gasteiger partial charge in [0.2, 0.25) is 35.4 Å². The topological polar surface area (TPSA) is 385 Å². The van der Waals surface area contributed by atoms with Crippen molar-refractivity contribution in [2.24, 2.45) is 11.5 Å². The summed E-state index contributed by atoms with van der Waals surface area (Å²) in [6.07, 6.45) is 30.6. The Hall–Kier alpha value is -6.41. The highest BCUT2D eigenvalue weighted by molar-refractivity contribution is 5.99. The van der Waals surface area contributed by atoms with Crippen molar-refractivity contribution < 1.29 is 95.6 Å². The number of nitrogens with zero attached hydrogens (tertiary/aromatic N) is 2. The lowest BCUT2D eigenvalue weighted by Gasteiger charge is -2.27. The molecule has 0 aliphatic carbocycles. The first-order valence-corrected chi connectivity index (χ1v) is 38.3. The summed E-state index contributed by atoms with van der Waals surface area (Å²) >= 11 is 0. The van der Waals surface area contributed by atoms with Gasteiger partial charge in [-0.3, -0.25) is 48.7 Å². The molecule has 10 N–H and O–H groups in total. The number of amides is 9. The van der Waals surface area contributed by atoms with Gasteiger partial charge in [0.15, 0.2) is 0 Å². The number of hydrazine groups is 1. The molecule has 1 aromatic rings. The average Bonchev–Trinajstić information content (AvgIpc) is 0.874. The summed E-state index contributed by atoms with van der Waals surface area (Å²) in [4.78, 5) is 113. The lowest BCUT2D eigenvalue weighted by Crippen LogP contribution is -2.57. The van der Waals surface area contributed by atoms with Crippen LogP contribution in [0.2, 0.25) is 0 Å². The lowest BCUT2D eigenvalue weighted by atomic mass is 10.1. The van der Waals surface area contributed by atoms with Crippen molar-refractivity contribution in [3.05, 3.63) is 48.0 Å². The fraction of sp³-hybridized carbons (Fsp3) is 0.773. The highest BCUT2D eigenvalue weighted by Crippen LogP contribution is 2.15. The number of nitrogens with two attached hydrogens (primary N) is 2. The molecule has 1 unspecified atom stereocenters. The van der Waals surface area contributed by atoms with Gasteiger partial charge in [0.1, 0.15) is 24.7 Å². The van der Waals surface area contributed by atoms with Crippen LogP contribution in [0.4, 0.5) is 4.79 Å². The third kappa shape index (κ3) is 57.9. The van der Waals surface area contributed by atoms with E-state index in [2.05, 4.69) is 40.5 Å². The summed E-state index contributed by atoms with van der Waals surface area (Å²) in [7, 11) is 0. The number of carbonyl (C=O) groups is 9. The Balaban J connectivity index is 2.12. The molecule has 0 spiro atoms. The first-order valence-electron chi connectivity index (χ1n) is 38.3. The van der Waals surface area contributed by atoms with E-state index in [1.54, 1.807) is 30.3 Å². The van der Waals surface area contributed by atoms with Crippen LogP contribution in [0.3, 0.4) is 0 Å². The number of rotatable bonds is 73. The second kappa shape index (κ2) is 68.4. The zero-order valence-electron chi connectivity index (χ0n) is 63.5. The van der Waals surface area contributed by atoms with Crippen LogP contribution in [-0.4, -0.2) is 238 Å². The van der Waals surface area contributed by atoms with Crippen molar-refractivity contribution >= 4 is 53.4 Å². The molecule has 104 heavy (non-hydrogen) atoms. The minimum Gasteiger partial charge on any atom is -0.465 e. The largest absolute Gasteiger partial charge is 0.465 e. The molecule has 0 heterocycles. The summed E-state index contributed by atoms with van der Waals surface area (Å²) in [5.41, 5.74) is 13.7. The van der Waals surface area contributed by atoms with E-state index < -0.39 is 72.1 Å². The second-order valence-electron chi connectivity index (χ2n) is 25.7. The van der Waals surface area contributed by atoms with Gasteiger partial charge < -0.3 is 85.2 Å². The Morgan fingerprint density at radius 2 is 0.923 bits per heavy atom. The summed E-state index contributed by atoms with van der Waals surface area (Å²) in [6.45, 7) is 13.2. The highest BCUT2D eigenvalue weighted by Gasteiger charge is 2.29. The molecule has 0 aliphatic rings. The Labute approximate surface area is 619 Å². The van der Waals surface area contributed by atoms with Crippen LogP contribution >= 0.6 is 0 Å². The maximum Gasteiger partial charge on any atom is 0.408 e. The van der Waals surface area contributed by atoms with Crippen molar-refractivity contribution in [2.45, 2.75) is 232 Å². The number of ether oxygens (including phenoxy) is 10. The molecule has 0 bridgehead atoms. The first kappa shape index (κ1) is 95.6. The predicted octanol–water partition coefficient (Wildman–Crippen LogP) is 7.27. The highest BCUT2D eigenvalue weighted by atomic mass is 16.6. The molecule has 1 aromatic carbocycles. The molecule has 29 heteroatoms. The molecule has 598 valence electrons. The Morgan fingerprint density at radius 1 is 0.481 bits per heavy atom. The molecular formula is C75H133N9O20. The zero-order chi connectivity index (χ0) is 76.1. The smallest absolute Gasteiger partial charge is 0.408 e. The van der Waals surface area contributed by atoms with E-state index in [4.69, 9.17) is 58.8 Å².